The predicted octanol–water partition coefficient (Wildman–Crippen LogP) is 18.8. The van der Waals surface area contributed by atoms with E-state index in [-0.39, 0.29) is 23.6 Å². The van der Waals surface area contributed by atoms with Crippen LogP contribution >= 0.6 is 11.6 Å². The van der Waals surface area contributed by atoms with Crippen molar-refractivity contribution >= 4 is 27.7 Å². The summed E-state index contributed by atoms with van der Waals surface area (Å²) in [7, 11) is 1.78. The van der Waals surface area contributed by atoms with Gasteiger partial charge in [0.05, 0.1) is 51.6 Å². The Bertz CT molecular complexity index is 3890. The summed E-state index contributed by atoms with van der Waals surface area (Å²) in [5, 5.41) is 0.798. The number of methoxy groups -OCH3 is 3. The summed E-state index contributed by atoms with van der Waals surface area (Å²) >= 11 is 6.21. The van der Waals surface area contributed by atoms with Gasteiger partial charge in [0.1, 0.15) is 23.1 Å². The van der Waals surface area contributed by atoms with E-state index in [4.69, 9.17) is 44.8 Å². The van der Waals surface area contributed by atoms with Crippen molar-refractivity contribution in [3.63, 3.8) is 0 Å². The van der Waals surface area contributed by atoms with E-state index >= 15 is 0 Å². The van der Waals surface area contributed by atoms with Gasteiger partial charge < -0.3 is 57.7 Å². The third kappa shape index (κ3) is 20.6. The molecule has 3 unspecified atom stereocenters. The van der Waals surface area contributed by atoms with Crippen LogP contribution in [0.5, 0.6) is 17.2 Å². The number of ether oxygens (including phenoxy) is 7. The highest BCUT2D eigenvalue weighted by Crippen LogP contribution is 2.46. The number of hydrogen-bond acceptors (Lipinski definition) is 14. The normalized spacial score (nSPS) is 24.4. The third-order valence-electron chi connectivity index (χ3n) is 26.9. The Morgan fingerprint density at radius 1 is 0.495 bits per heavy atom. The van der Waals surface area contributed by atoms with E-state index in [1.165, 1.54) is 107 Å². The zero-order valence-corrected chi connectivity index (χ0v) is 68.1. The van der Waals surface area contributed by atoms with Crippen LogP contribution in [0.25, 0.3) is 11.1 Å². The van der Waals surface area contributed by atoms with Gasteiger partial charge in [-0.25, -0.2) is 17.6 Å². The first-order valence-electron chi connectivity index (χ1n) is 42.2. The van der Waals surface area contributed by atoms with Crippen molar-refractivity contribution in [2.24, 2.45) is 0 Å². The molecule has 0 N–H and O–H groups in total. The lowest BCUT2D eigenvalue weighted by Gasteiger charge is -2.43. The standard InChI is InChI=1S/C28H38N2O3S.C23H33FN2O3.C20H28ClNO3.C18H24F3NO/c1-33-28-14-11-24(22-9-12-26(13-10-22)34(31,32)30-17-5-6-18-30)21-27(28)23-15-19-29(20-16-23)25-7-3-2-4-8-25;1-3-29-23(27)26-18-5-7-19(15-20(26)8-6-18)25-12-10-16(11-13-25)21-14-17(24)4-9-22(21)28-2;1-23-19-3-2-16(21)14-18(19)15-6-10-22(11-7-15)17-4-8-20(9-5-17)24-12-13-25-20;1-13-16(3-2-4-17(13)18(19,20)21)14-5-9-22(10-6-14)15-7-11-23-12-8-15/h9-14,21,23,25H,2-8,15-20H2,1H3;4,9,14,16,18-20H,3,5-8,10-13,15H2,1-2H3;2-3,14-15,17H,4-13H2,1H3;2-4,14-15H,5-12H2,1H3. The van der Waals surface area contributed by atoms with Crippen molar-refractivity contribution in [2.75, 3.05) is 120 Å². The highest BCUT2D eigenvalue weighted by atomic mass is 35.5. The van der Waals surface area contributed by atoms with Gasteiger partial charge in [0.2, 0.25) is 10.0 Å². The molecule has 5 aromatic carbocycles. The number of benzene rings is 5. The summed E-state index contributed by atoms with van der Waals surface area (Å²) in [5.41, 5.74) is 6.53. The minimum absolute atomic E-state index is 0.127. The number of carbonyl (C=O) groups is 1. The first kappa shape index (κ1) is 83.4. The van der Waals surface area contributed by atoms with Gasteiger partial charge in [-0.05, 0) is 325 Å². The molecule has 5 aromatic rings. The van der Waals surface area contributed by atoms with Crippen LogP contribution in [0.2, 0.25) is 5.02 Å². The average molecular weight is 1580 g/mol. The van der Waals surface area contributed by atoms with Gasteiger partial charge in [0.15, 0.2) is 5.79 Å². The maximum Gasteiger partial charge on any atom is 0.416 e. The zero-order chi connectivity index (χ0) is 77.7. The molecule has 2 bridgehead atoms. The highest BCUT2D eigenvalue weighted by Gasteiger charge is 2.45. The van der Waals surface area contributed by atoms with Gasteiger partial charge >= 0.3 is 12.3 Å². The van der Waals surface area contributed by atoms with Crippen molar-refractivity contribution in [1.82, 2.24) is 28.8 Å². The van der Waals surface area contributed by atoms with Gasteiger partial charge in [0.25, 0.3) is 0 Å². The van der Waals surface area contributed by atoms with Crippen molar-refractivity contribution in [3.05, 3.63) is 141 Å². The second-order valence-electron chi connectivity index (χ2n) is 33.1. The molecule has 22 heteroatoms. The number of halogens is 5. The van der Waals surface area contributed by atoms with E-state index in [0.717, 1.165) is 213 Å². The van der Waals surface area contributed by atoms with Crippen molar-refractivity contribution < 1.29 is 63.9 Å². The Morgan fingerprint density at radius 3 is 1.50 bits per heavy atom. The molecule has 2 saturated carbocycles. The maximum atomic E-state index is 13.8. The molecule has 111 heavy (non-hydrogen) atoms. The van der Waals surface area contributed by atoms with Gasteiger partial charge in [-0.2, -0.15) is 17.5 Å². The van der Waals surface area contributed by atoms with Crippen molar-refractivity contribution in [1.29, 1.82) is 0 Å². The maximum absolute atomic E-state index is 13.8. The Labute approximate surface area is 663 Å². The molecule has 11 aliphatic rings. The molecule has 1 spiro atoms. The lowest BCUT2D eigenvalue weighted by Crippen LogP contribution is -2.46. The van der Waals surface area contributed by atoms with Crippen LogP contribution in [0.3, 0.4) is 0 Å². The molecular weight excluding hydrogens is 1460 g/mol. The number of amides is 1. The van der Waals surface area contributed by atoms with Crippen molar-refractivity contribution in [2.45, 2.75) is 258 Å². The van der Waals surface area contributed by atoms with Crippen LogP contribution in [0.1, 0.15) is 231 Å². The molecule has 3 atom stereocenters. The van der Waals surface area contributed by atoms with Crippen LogP contribution in [-0.2, 0) is 35.1 Å². The molecule has 0 aromatic heterocycles. The van der Waals surface area contributed by atoms with Crippen molar-refractivity contribution in [3.8, 4) is 28.4 Å². The van der Waals surface area contributed by atoms with E-state index in [1.807, 2.05) is 42.2 Å². The quantitative estimate of drug-likeness (QED) is 0.0920. The summed E-state index contributed by atoms with van der Waals surface area (Å²) in [4.78, 5) is 25.4. The van der Waals surface area contributed by atoms with E-state index in [0.29, 0.717) is 78.1 Å². The summed E-state index contributed by atoms with van der Waals surface area (Å²) in [6.45, 7) is 17.0. The van der Waals surface area contributed by atoms with E-state index in [9.17, 15) is 30.8 Å². The second kappa shape index (κ2) is 38.9. The molecule has 610 valence electrons. The minimum atomic E-state index is -4.26. The monoisotopic (exact) mass is 1580 g/mol. The number of fused-ring (bicyclic) bond motifs is 2. The summed E-state index contributed by atoms with van der Waals surface area (Å²) in [5.74, 6) is 3.92. The smallest absolute Gasteiger partial charge is 0.416 e. The molecule has 9 aliphatic heterocycles. The van der Waals surface area contributed by atoms with Crippen LogP contribution < -0.4 is 14.2 Å². The fraction of sp³-hybridized carbons (Fsp3) is 0.652. The van der Waals surface area contributed by atoms with Crippen LogP contribution in [0.4, 0.5) is 22.4 Å². The zero-order valence-electron chi connectivity index (χ0n) is 66.6. The van der Waals surface area contributed by atoms with Gasteiger partial charge in [-0.15, -0.1) is 0 Å². The number of alkyl halides is 3. The minimum Gasteiger partial charge on any atom is -0.496 e. The summed E-state index contributed by atoms with van der Waals surface area (Å²) < 4.78 is 120. The molecule has 1 amide bonds. The lowest BCUT2D eigenvalue weighted by molar-refractivity contribution is -0.184. The first-order chi connectivity index (χ1) is 53.8. The van der Waals surface area contributed by atoms with Crippen LogP contribution in [0, 0.1) is 12.7 Å². The van der Waals surface area contributed by atoms with Gasteiger partial charge in [0, 0.05) is 86.0 Å². The molecule has 11 fully saturated rings. The highest BCUT2D eigenvalue weighted by molar-refractivity contribution is 7.89. The second-order valence-corrected chi connectivity index (χ2v) is 35.4. The topological polar surface area (TPSA) is 135 Å². The molecule has 16 nitrogen and oxygen atoms in total. The molecule has 0 radical (unpaired) electrons. The third-order valence-corrected chi connectivity index (χ3v) is 29.0. The fourth-order valence-corrected chi connectivity index (χ4v) is 22.4. The summed E-state index contributed by atoms with van der Waals surface area (Å²) in [6.07, 6.45) is 25.1. The average Bonchev–Trinajstić information content (AvgIpc) is 1.50. The Balaban J connectivity index is 0.000000131. The number of sulfonamides is 1. The predicted molar refractivity (Wildman–Crippen MR) is 429 cm³/mol. The number of hydrogen-bond donors (Lipinski definition) is 0. The first-order valence-corrected chi connectivity index (χ1v) is 44.0. The number of piperidine rings is 4. The number of rotatable bonds is 15. The Hall–Kier alpha value is -5.59. The lowest BCUT2D eigenvalue weighted by atomic mass is 9.84. The molecule has 9 heterocycles. The SMILES string of the molecule is CCOC(=O)N1C2CCC(N3CCC(c4cc(F)ccc4OC)CC3)CC1CC2.COc1ccc(-c2ccc(S(=O)(=O)N3CCCC3)cc2)cc1C1CCN(C2CCCCC2)CC1.COc1ccc(Cl)cc1C1CCN(C2CCC3(CC2)OCCO3)CC1.Cc1c(C2CCN(C3CCOCC3)CC2)cccc1C(F)(F)F. The van der Waals surface area contributed by atoms with Crippen LogP contribution in [0.15, 0.2) is 102 Å². The van der Waals surface area contributed by atoms with Gasteiger partial charge in [-0.3, -0.25) is 0 Å². The number of carbonyl (C=O) groups excluding carboxylic acids is 1. The molecular formula is C89H123ClF4N6O10S. The van der Waals surface area contributed by atoms with Crippen LogP contribution in [-0.4, -0.2) is 205 Å². The van der Waals surface area contributed by atoms with E-state index < -0.39 is 21.8 Å². The molecule has 16 rings (SSSR count). The number of likely N-dealkylation sites (tertiary alicyclic amines) is 4. The largest absolute Gasteiger partial charge is 0.496 e. The van der Waals surface area contributed by atoms with Gasteiger partial charge in [-0.1, -0.05) is 61.2 Å². The Morgan fingerprint density at radius 2 is 0.964 bits per heavy atom. The summed E-state index contributed by atoms with van der Waals surface area (Å²) in [6, 6.07) is 32.5. The molecule has 9 saturated heterocycles. The van der Waals surface area contributed by atoms with E-state index in [1.54, 1.807) is 62.9 Å². The number of nitrogens with zero attached hydrogens (tertiary/aromatic N) is 6. The molecule has 2 aliphatic carbocycles. The fourth-order valence-electron chi connectivity index (χ4n) is 20.7. The van der Waals surface area contributed by atoms with E-state index in [2.05, 4.69) is 43.9 Å². The Kier molecular flexibility index (Phi) is 29.2.